The fraction of sp³-hybridized carbons (Fsp3) is 0.0750. The van der Waals surface area contributed by atoms with Gasteiger partial charge in [0, 0.05) is 25.7 Å². The van der Waals surface area contributed by atoms with E-state index in [4.69, 9.17) is 4.99 Å². The Labute approximate surface area is 260 Å². The molecule has 2 aliphatic rings. The summed E-state index contributed by atoms with van der Waals surface area (Å²) in [6.07, 6.45) is 0.697. The van der Waals surface area contributed by atoms with Crippen LogP contribution >= 0.6 is 11.3 Å². The van der Waals surface area contributed by atoms with Crippen LogP contribution in [0.1, 0.15) is 40.1 Å². The molecule has 1 aliphatic carbocycles. The molecule has 1 aliphatic heterocycles. The largest absolute Gasteiger partial charge is 0.350 e. The first-order valence-corrected chi connectivity index (χ1v) is 16.0. The van der Waals surface area contributed by atoms with Crippen molar-refractivity contribution >= 4 is 37.3 Å². The molecular weight excluding hydrogens is 555 g/mol. The number of benzene rings is 6. The molecule has 0 saturated carbocycles. The molecule has 6 aromatic carbocycles. The molecule has 0 bridgehead atoms. The molecule has 210 valence electrons. The summed E-state index contributed by atoms with van der Waals surface area (Å²) in [5, 5.41) is 10.2. The summed E-state index contributed by atoms with van der Waals surface area (Å²) in [6.45, 7) is 0. The summed E-state index contributed by atoms with van der Waals surface area (Å²) < 4.78 is 2.64. The molecule has 2 atom stereocenters. The molecule has 0 saturated heterocycles. The van der Waals surface area contributed by atoms with E-state index in [1.54, 1.807) is 0 Å². The second kappa shape index (κ2) is 10.3. The minimum absolute atomic E-state index is 0.117. The lowest BCUT2D eigenvalue weighted by Crippen LogP contribution is -2.45. The molecule has 7 aromatic rings. The third-order valence-corrected chi connectivity index (χ3v) is 10.2. The molecule has 0 spiro atoms. The van der Waals surface area contributed by atoms with Crippen molar-refractivity contribution in [2.24, 2.45) is 4.99 Å². The quantitative estimate of drug-likeness (QED) is 0.216. The highest BCUT2D eigenvalue weighted by Crippen LogP contribution is 2.47. The monoisotopic (exact) mass is 583 g/mol. The Bertz CT molecular complexity index is 2220. The van der Waals surface area contributed by atoms with Gasteiger partial charge in [-0.2, -0.15) is 0 Å². The Morgan fingerprint density at radius 3 is 2.16 bits per heavy atom. The van der Waals surface area contributed by atoms with Crippen molar-refractivity contribution in [3.8, 4) is 22.3 Å². The third kappa shape index (κ3) is 4.10. The molecule has 2 unspecified atom stereocenters. The van der Waals surface area contributed by atoms with Gasteiger partial charge in [-0.05, 0) is 57.0 Å². The van der Waals surface area contributed by atoms with Crippen molar-refractivity contribution in [3.05, 3.63) is 167 Å². The lowest BCUT2D eigenvalue weighted by atomic mass is 9.94. The Morgan fingerprint density at radius 2 is 1.30 bits per heavy atom. The first kappa shape index (κ1) is 25.5. The summed E-state index contributed by atoms with van der Waals surface area (Å²) in [7, 11) is 0. The number of amidine groups is 1. The average Bonchev–Trinajstić information content (AvgIpc) is 3.68. The number of fused-ring (bicyclic) bond motifs is 6. The van der Waals surface area contributed by atoms with E-state index in [0.29, 0.717) is 0 Å². The van der Waals surface area contributed by atoms with Crippen LogP contribution in [0, 0.1) is 0 Å². The predicted octanol–water partition coefficient (Wildman–Crippen LogP) is 9.63. The first-order chi connectivity index (χ1) is 21.8. The maximum atomic E-state index is 5.13. The van der Waals surface area contributed by atoms with Crippen molar-refractivity contribution in [2.45, 2.75) is 18.8 Å². The van der Waals surface area contributed by atoms with Crippen LogP contribution in [0.4, 0.5) is 0 Å². The smallest absolute Gasteiger partial charge is 0.131 e. The fourth-order valence-corrected chi connectivity index (χ4v) is 8.27. The zero-order valence-corrected chi connectivity index (χ0v) is 24.8. The van der Waals surface area contributed by atoms with E-state index >= 15 is 0 Å². The maximum Gasteiger partial charge on any atom is 0.131 e. The van der Waals surface area contributed by atoms with E-state index in [1.165, 1.54) is 59.1 Å². The van der Waals surface area contributed by atoms with Gasteiger partial charge in [0.05, 0.1) is 0 Å². The summed E-state index contributed by atoms with van der Waals surface area (Å²) in [4.78, 5) is 5.13. The van der Waals surface area contributed by atoms with Gasteiger partial charge in [0.15, 0.2) is 0 Å². The highest BCUT2D eigenvalue weighted by molar-refractivity contribution is 7.26. The van der Waals surface area contributed by atoms with Crippen LogP contribution in [0.3, 0.4) is 0 Å². The van der Waals surface area contributed by atoms with Crippen molar-refractivity contribution in [1.82, 2.24) is 10.6 Å². The number of nitrogens with zero attached hydrogens (tertiary/aromatic N) is 1. The van der Waals surface area contributed by atoms with Crippen LogP contribution in [-0.2, 0) is 6.42 Å². The second-order valence-corrected chi connectivity index (χ2v) is 12.6. The molecule has 4 heteroatoms. The standard InChI is InChI=1S/C40H29N3S/c1-3-12-25(13-4-1)38-41-39(26-14-5-2-6-15-26)43-40(42-38)33-22-11-23-35-36(33)32-21-10-20-31(37(32)44-35)30-19-9-18-29-28-17-8-7-16-27(28)24-34(29)30/h1-23,38,40,42H,24H2,(H,41,43). The van der Waals surface area contributed by atoms with Gasteiger partial charge in [0.2, 0.25) is 0 Å². The van der Waals surface area contributed by atoms with Crippen LogP contribution in [0.15, 0.2) is 145 Å². The number of aliphatic imine (C=N–C) groups is 1. The molecule has 0 radical (unpaired) electrons. The van der Waals surface area contributed by atoms with Gasteiger partial charge in [0.1, 0.15) is 18.2 Å². The van der Waals surface area contributed by atoms with Gasteiger partial charge in [-0.25, -0.2) is 4.99 Å². The van der Waals surface area contributed by atoms with E-state index in [-0.39, 0.29) is 12.3 Å². The molecule has 2 heterocycles. The molecule has 0 amide bonds. The van der Waals surface area contributed by atoms with Gasteiger partial charge in [-0.3, -0.25) is 5.32 Å². The summed E-state index contributed by atoms with van der Waals surface area (Å²) >= 11 is 1.90. The van der Waals surface area contributed by atoms with Gasteiger partial charge >= 0.3 is 0 Å². The van der Waals surface area contributed by atoms with Crippen molar-refractivity contribution in [3.63, 3.8) is 0 Å². The van der Waals surface area contributed by atoms with E-state index in [0.717, 1.165) is 23.4 Å². The van der Waals surface area contributed by atoms with E-state index in [1.807, 2.05) is 17.4 Å². The van der Waals surface area contributed by atoms with Crippen LogP contribution in [0.2, 0.25) is 0 Å². The summed E-state index contributed by atoms with van der Waals surface area (Å²) in [6, 6.07) is 50.2. The van der Waals surface area contributed by atoms with E-state index in [2.05, 4.69) is 144 Å². The first-order valence-electron chi connectivity index (χ1n) is 15.2. The number of hydrogen-bond acceptors (Lipinski definition) is 4. The van der Waals surface area contributed by atoms with Gasteiger partial charge in [-0.15, -0.1) is 11.3 Å². The number of rotatable bonds is 4. The molecular formula is C40H29N3S. The Kier molecular flexibility index (Phi) is 5.96. The second-order valence-electron chi connectivity index (χ2n) is 11.6. The molecule has 1 aromatic heterocycles. The minimum Gasteiger partial charge on any atom is -0.350 e. The Morgan fingerprint density at radius 1 is 0.614 bits per heavy atom. The van der Waals surface area contributed by atoms with Crippen molar-refractivity contribution in [2.75, 3.05) is 0 Å². The van der Waals surface area contributed by atoms with Crippen LogP contribution in [0.25, 0.3) is 42.4 Å². The molecule has 44 heavy (non-hydrogen) atoms. The van der Waals surface area contributed by atoms with E-state index < -0.39 is 0 Å². The number of hydrogen-bond donors (Lipinski definition) is 2. The molecule has 2 N–H and O–H groups in total. The highest BCUT2D eigenvalue weighted by Gasteiger charge is 2.28. The van der Waals surface area contributed by atoms with Crippen LogP contribution < -0.4 is 10.6 Å². The van der Waals surface area contributed by atoms with Gasteiger partial charge < -0.3 is 5.32 Å². The van der Waals surface area contributed by atoms with Crippen LogP contribution in [0.5, 0.6) is 0 Å². The predicted molar refractivity (Wildman–Crippen MR) is 184 cm³/mol. The molecule has 9 rings (SSSR count). The number of nitrogens with one attached hydrogen (secondary N) is 2. The fourth-order valence-electron chi connectivity index (χ4n) is 7.00. The normalized spacial score (nSPS) is 17.2. The van der Waals surface area contributed by atoms with Crippen molar-refractivity contribution in [1.29, 1.82) is 0 Å². The minimum atomic E-state index is -0.165. The number of thiophene rings is 1. The molecule has 3 nitrogen and oxygen atoms in total. The van der Waals surface area contributed by atoms with Crippen molar-refractivity contribution < 1.29 is 0 Å². The Balaban J connectivity index is 1.19. The Hall–Kier alpha value is -5.03. The van der Waals surface area contributed by atoms with E-state index in [9.17, 15) is 0 Å². The zero-order chi connectivity index (χ0) is 29.0. The van der Waals surface area contributed by atoms with Gasteiger partial charge in [0.25, 0.3) is 0 Å². The SMILES string of the molecule is c1ccc(C2=NC(c3ccccc3)NC(c3cccc4sc5c(-c6cccc7c6Cc6ccccc6-7)cccc5c34)N2)cc1. The highest BCUT2D eigenvalue weighted by atomic mass is 32.1. The topological polar surface area (TPSA) is 36.4 Å². The average molecular weight is 584 g/mol. The lowest BCUT2D eigenvalue weighted by molar-refractivity contribution is 0.411. The third-order valence-electron chi connectivity index (χ3n) is 9.03. The summed E-state index contributed by atoms with van der Waals surface area (Å²) in [5.41, 5.74) is 11.7. The van der Waals surface area contributed by atoms with Crippen LogP contribution in [-0.4, -0.2) is 5.84 Å². The molecule has 0 fully saturated rings. The lowest BCUT2D eigenvalue weighted by Gasteiger charge is -2.32. The van der Waals surface area contributed by atoms with Gasteiger partial charge in [-0.1, -0.05) is 133 Å². The maximum absolute atomic E-state index is 5.13. The summed E-state index contributed by atoms with van der Waals surface area (Å²) in [5.74, 6) is 0.903. The zero-order valence-electron chi connectivity index (χ0n) is 24.0.